The zero-order chi connectivity index (χ0) is 15.1. The fraction of sp³-hybridized carbons (Fsp3) is 0.200. The average molecular weight is 359 g/mol. The molecule has 0 bridgehead atoms. The van der Waals surface area contributed by atoms with Crippen molar-refractivity contribution >= 4 is 15.9 Å². The van der Waals surface area contributed by atoms with Crippen LogP contribution < -0.4 is 4.74 Å². The topological polar surface area (TPSA) is 29.5 Å². The number of hydrogen-bond donors (Lipinski definition) is 1. The van der Waals surface area contributed by atoms with Crippen molar-refractivity contribution in [2.75, 3.05) is 0 Å². The zero-order valence-electron chi connectivity index (χ0n) is 10.6. The van der Waals surface area contributed by atoms with Crippen LogP contribution in [0.4, 0.5) is 13.2 Å². The highest BCUT2D eigenvalue weighted by atomic mass is 79.9. The van der Waals surface area contributed by atoms with Crippen molar-refractivity contribution in [1.29, 1.82) is 0 Å². The van der Waals surface area contributed by atoms with E-state index in [4.69, 9.17) is 4.74 Å². The highest BCUT2D eigenvalue weighted by Gasteiger charge is 2.29. The third-order valence-corrected chi connectivity index (χ3v) is 3.91. The van der Waals surface area contributed by atoms with Crippen molar-refractivity contribution in [3.63, 3.8) is 0 Å². The molecule has 1 aliphatic heterocycles. The van der Waals surface area contributed by atoms with Crippen molar-refractivity contribution in [2.24, 2.45) is 0 Å². The SMILES string of the molecule is OC1CC(c2cc(F)c(F)c(F)c2)Oc2ccc(Br)cc21. The van der Waals surface area contributed by atoms with Gasteiger partial charge in [0.1, 0.15) is 11.9 Å². The van der Waals surface area contributed by atoms with Gasteiger partial charge in [0.2, 0.25) is 0 Å². The molecule has 0 aliphatic carbocycles. The minimum atomic E-state index is -1.51. The van der Waals surface area contributed by atoms with E-state index in [1.165, 1.54) is 0 Å². The summed E-state index contributed by atoms with van der Waals surface area (Å²) in [6.45, 7) is 0. The minimum Gasteiger partial charge on any atom is -0.485 e. The molecule has 2 aromatic carbocycles. The molecule has 3 rings (SSSR count). The maximum absolute atomic E-state index is 13.3. The molecule has 110 valence electrons. The fourth-order valence-corrected chi connectivity index (χ4v) is 2.76. The molecule has 2 unspecified atom stereocenters. The van der Waals surface area contributed by atoms with E-state index in [0.29, 0.717) is 11.3 Å². The van der Waals surface area contributed by atoms with Crippen LogP contribution in [0.3, 0.4) is 0 Å². The van der Waals surface area contributed by atoms with Gasteiger partial charge in [0, 0.05) is 16.5 Å². The summed E-state index contributed by atoms with van der Waals surface area (Å²) < 4.78 is 46.0. The van der Waals surface area contributed by atoms with Crippen molar-refractivity contribution < 1.29 is 23.0 Å². The summed E-state index contributed by atoms with van der Waals surface area (Å²) in [5.41, 5.74) is 0.752. The third kappa shape index (κ3) is 2.65. The Morgan fingerprint density at radius 2 is 1.76 bits per heavy atom. The highest BCUT2D eigenvalue weighted by molar-refractivity contribution is 9.10. The lowest BCUT2D eigenvalue weighted by Gasteiger charge is -2.30. The van der Waals surface area contributed by atoms with Gasteiger partial charge >= 0.3 is 0 Å². The molecule has 0 radical (unpaired) electrons. The van der Waals surface area contributed by atoms with E-state index in [1.54, 1.807) is 18.2 Å². The Bertz CT molecular complexity index is 682. The number of aliphatic hydroxyl groups excluding tert-OH is 1. The highest BCUT2D eigenvalue weighted by Crippen LogP contribution is 2.42. The molecule has 6 heteroatoms. The molecule has 0 saturated carbocycles. The monoisotopic (exact) mass is 358 g/mol. The molecule has 1 N–H and O–H groups in total. The lowest BCUT2D eigenvalue weighted by molar-refractivity contribution is 0.0652. The molecule has 2 aromatic rings. The first kappa shape index (κ1) is 14.4. The summed E-state index contributed by atoms with van der Waals surface area (Å²) in [7, 11) is 0. The summed E-state index contributed by atoms with van der Waals surface area (Å²) in [5.74, 6) is -3.62. The first-order valence-electron chi connectivity index (χ1n) is 6.24. The van der Waals surface area contributed by atoms with Crippen molar-refractivity contribution in [3.8, 4) is 5.75 Å². The minimum absolute atomic E-state index is 0.133. The number of fused-ring (bicyclic) bond motifs is 1. The molecule has 0 fully saturated rings. The predicted molar refractivity (Wildman–Crippen MR) is 73.4 cm³/mol. The van der Waals surface area contributed by atoms with Gasteiger partial charge in [0.15, 0.2) is 17.5 Å². The van der Waals surface area contributed by atoms with Gasteiger partial charge in [-0.1, -0.05) is 15.9 Å². The van der Waals surface area contributed by atoms with Gasteiger partial charge in [-0.2, -0.15) is 0 Å². The molecule has 2 atom stereocenters. The van der Waals surface area contributed by atoms with E-state index in [2.05, 4.69) is 15.9 Å². The quantitative estimate of drug-likeness (QED) is 0.764. The van der Waals surface area contributed by atoms with Gasteiger partial charge < -0.3 is 9.84 Å². The Balaban J connectivity index is 1.98. The molecule has 2 nitrogen and oxygen atoms in total. The molecule has 0 aromatic heterocycles. The van der Waals surface area contributed by atoms with Crippen LogP contribution >= 0.6 is 15.9 Å². The van der Waals surface area contributed by atoms with E-state index in [-0.39, 0.29) is 12.0 Å². The van der Waals surface area contributed by atoms with E-state index in [1.807, 2.05) is 0 Å². The molecular weight excluding hydrogens is 349 g/mol. The van der Waals surface area contributed by atoms with Crippen molar-refractivity contribution in [1.82, 2.24) is 0 Å². The van der Waals surface area contributed by atoms with Gasteiger partial charge in [-0.25, -0.2) is 13.2 Å². The molecule has 0 saturated heterocycles. The number of aliphatic hydroxyl groups is 1. The molecule has 1 heterocycles. The number of rotatable bonds is 1. The molecular formula is C15H10BrF3O2. The number of hydrogen-bond acceptors (Lipinski definition) is 2. The van der Waals surface area contributed by atoms with E-state index < -0.39 is 29.7 Å². The van der Waals surface area contributed by atoms with Crippen LogP contribution in [0.5, 0.6) is 5.75 Å². The molecule has 1 aliphatic rings. The van der Waals surface area contributed by atoms with Crippen molar-refractivity contribution in [3.05, 3.63) is 63.4 Å². The average Bonchev–Trinajstić information content (AvgIpc) is 2.44. The van der Waals surface area contributed by atoms with Gasteiger partial charge in [0.05, 0.1) is 6.10 Å². The van der Waals surface area contributed by atoms with Gasteiger partial charge in [-0.3, -0.25) is 0 Å². The summed E-state index contributed by atoms with van der Waals surface area (Å²) in [4.78, 5) is 0. The maximum Gasteiger partial charge on any atom is 0.194 e. The van der Waals surface area contributed by atoms with Crippen LogP contribution in [0.25, 0.3) is 0 Å². The number of ether oxygens (including phenoxy) is 1. The first-order chi connectivity index (χ1) is 9.95. The first-order valence-corrected chi connectivity index (χ1v) is 7.03. The van der Waals surface area contributed by atoms with Crippen LogP contribution in [-0.4, -0.2) is 5.11 Å². The number of benzene rings is 2. The number of halogens is 4. The Kier molecular flexibility index (Phi) is 3.67. The zero-order valence-corrected chi connectivity index (χ0v) is 12.2. The summed E-state index contributed by atoms with van der Waals surface area (Å²) >= 11 is 3.30. The lowest BCUT2D eigenvalue weighted by atomic mass is 9.95. The standard InChI is InChI=1S/C15H10BrF3O2/c16-8-1-2-13-9(5-8)12(20)6-14(21-13)7-3-10(17)15(19)11(18)4-7/h1-5,12,14,20H,6H2. The second-order valence-electron chi connectivity index (χ2n) is 4.84. The Morgan fingerprint density at radius 1 is 1.10 bits per heavy atom. The molecule has 0 amide bonds. The van der Waals surface area contributed by atoms with Gasteiger partial charge in [-0.05, 0) is 35.9 Å². The predicted octanol–water partition coefficient (Wildman–Crippen LogP) is 4.42. The second kappa shape index (κ2) is 5.35. The maximum atomic E-state index is 13.3. The Labute approximate surface area is 127 Å². The van der Waals surface area contributed by atoms with Crippen LogP contribution in [-0.2, 0) is 0 Å². The Morgan fingerprint density at radius 3 is 2.43 bits per heavy atom. The van der Waals surface area contributed by atoms with E-state index >= 15 is 0 Å². The van der Waals surface area contributed by atoms with Crippen LogP contribution in [0.1, 0.15) is 29.8 Å². The normalized spacial score (nSPS) is 20.8. The Hall–Kier alpha value is -1.53. The second-order valence-corrected chi connectivity index (χ2v) is 5.75. The van der Waals surface area contributed by atoms with Crippen molar-refractivity contribution in [2.45, 2.75) is 18.6 Å². The molecule has 0 spiro atoms. The summed E-state index contributed by atoms with van der Waals surface area (Å²) in [6, 6.07) is 6.89. The third-order valence-electron chi connectivity index (χ3n) is 3.42. The largest absolute Gasteiger partial charge is 0.485 e. The smallest absolute Gasteiger partial charge is 0.194 e. The van der Waals surface area contributed by atoms with Crippen LogP contribution in [0.15, 0.2) is 34.8 Å². The summed E-state index contributed by atoms with van der Waals surface area (Å²) in [5, 5.41) is 10.1. The fourth-order valence-electron chi connectivity index (χ4n) is 2.38. The molecule has 21 heavy (non-hydrogen) atoms. The lowest BCUT2D eigenvalue weighted by Crippen LogP contribution is -2.19. The van der Waals surface area contributed by atoms with Crippen LogP contribution in [0, 0.1) is 17.5 Å². The van der Waals surface area contributed by atoms with Gasteiger partial charge in [0.25, 0.3) is 0 Å². The summed E-state index contributed by atoms with van der Waals surface area (Å²) in [6.07, 6.45) is -1.43. The van der Waals surface area contributed by atoms with E-state index in [9.17, 15) is 18.3 Å². The van der Waals surface area contributed by atoms with Crippen LogP contribution in [0.2, 0.25) is 0 Å². The van der Waals surface area contributed by atoms with E-state index in [0.717, 1.165) is 16.6 Å². The van der Waals surface area contributed by atoms with Gasteiger partial charge in [-0.15, -0.1) is 0 Å².